The lowest BCUT2D eigenvalue weighted by molar-refractivity contribution is 0.0994. The molecule has 0 radical (unpaired) electrons. The summed E-state index contributed by atoms with van der Waals surface area (Å²) >= 11 is 9.21. The lowest BCUT2D eigenvalue weighted by atomic mass is 10.1. The predicted octanol–water partition coefficient (Wildman–Crippen LogP) is 3.36. The van der Waals surface area contributed by atoms with Crippen molar-refractivity contribution in [2.45, 2.75) is 11.2 Å². The summed E-state index contributed by atoms with van der Waals surface area (Å²) in [5, 5.41) is 0.628. The first-order valence-electron chi connectivity index (χ1n) is 3.65. The van der Waals surface area contributed by atoms with Crippen LogP contribution in [0.4, 0.5) is 0 Å². The molecule has 0 amide bonds. The molecule has 0 spiro atoms. The topological polar surface area (TPSA) is 17.1 Å². The van der Waals surface area contributed by atoms with Crippen LogP contribution in [-0.2, 0) is 0 Å². The summed E-state index contributed by atoms with van der Waals surface area (Å²) < 4.78 is 0. The fourth-order valence-corrected chi connectivity index (χ4v) is 2.29. The first-order chi connectivity index (χ1) is 5.68. The molecule has 3 heteroatoms. The predicted molar refractivity (Wildman–Crippen MR) is 52.1 cm³/mol. The van der Waals surface area contributed by atoms with Gasteiger partial charge in [0.2, 0.25) is 0 Å². The number of carbonyl (C=O) groups is 1. The van der Waals surface area contributed by atoms with Crippen LogP contribution in [0.1, 0.15) is 27.2 Å². The van der Waals surface area contributed by atoms with Gasteiger partial charge in [0.1, 0.15) is 0 Å². The number of Topliss-reactive ketones (excluding diaryl/α,β-unsaturated/α-hetero) is 1. The van der Waals surface area contributed by atoms with Crippen LogP contribution in [0.15, 0.2) is 18.2 Å². The van der Waals surface area contributed by atoms with Gasteiger partial charge in [-0.3, -0.25) is 4.79 Å². The van der Waals surface area contributed by atoms with E-state index in [0.717, 1.165) is 11.1 Å². The van der Waals surface area contributed by atoms with Gasteiger partial charge in [-0.05, 0) is 17.7 Å². The Morgan fingerprint density at radius 3 is 3.00 bits per heavy atom. The van der Waals surface area contributed by atoms with Crippen molar-refractivity contribution in [3.05, 3.63) is 34.3 Å². The van der Waals surface area contributed by atoms with Crippen molar-refractivity contribution < 1.29 is 4.79 Å². The second-order valence-electron chi connectivity index (χ2n) is 2.83. The van der Waals surface area contributed by atoms with Gasteiger partial charge in [-0.1, -0.05) is 33.6 Å². The van der Waals surface area contributed by atoms with E-state index in [9.17, 15) is 4.79 Å². The lowest BCUT2D eigenvalue weighted by Crippen LogP contribution is -1.89. The minimum absolute atomic E-state index is 0.175. The van der Waals surface area contributed by atoms with Crippen molar-refractivity contribution in [1.29, 1.82) is 0 Å². The number of fused-ring (bicyclic) bond motifs is 1. The highest BCUT2D eigenvalue weighted by Gasteiger charge is 2.26. The van der Waals surface area contributed by atoms with E-state index < -0.39 is 0 Å². The van der Waals surface area contributed by atoms with Crippen LogP contribution in [0.2, 0.25) is 5.02 Å². The zero-order valence-electron chi connectivity index (χ0n) is 6.18. The maximum absolute atomic E-state index is 11.3. The fraction of sp³-hybridized carbons (Fsp3) is 0.222. The van der Waals surface area contributed by atoms with E-state index in [2.05, 4.69) is 15.9 Å². The number of benzene rings is 1. The molecule has 12 heavy (non-hydrogen) atoms. The second-order valence-corrected chi connectivity index (χ2v) is 4.37. The highest BCUT2D eigenvalue weighted by molar-refractivity contribution is 9.09. The van der Waals surface area contributed by atoms with Gasteiger partial charge in [-0.25, -0.2) is 0 Å². The molecule has 1 unspecified atom stereocenters. The third kappa shape index (κ3) is 1.19. The summed E-state index contributed by atoms with van der Waals surface area (Å²) in [5.41, 5.74) is 1.83. The third-order valence-electron chi connectivity index (χ3n) is 2.02. The highest BCUT2D eigenvalue weighted by Crippen LogP contribution is 2.38. The third-order valence-corrected chi connectivity index (χ3v) is 3.07. The van der Waals surface area contributed by atoms with Crippen LogP contribution in [-0.4, -0.2) is 5.78 Å². The molecule has 0 bridgehead atoms. The molecule has 62 valence electrons. The average Bonchev–Trinajstić information content (AvgIpc) is 2.28. The van der Waals surface area contributed by atoms with Crippen LogP contribution in [0.3, 0.4) is 0 Å². The van der Waals surface area contributed by atoms with Crippen molar-refractivity contribution in [2.75, 3.05) is 0 Å². The van der Waals surface area contributed by atoms with Gasteiger partial charge >= 0.3 is 0 Å². The molecule has 1 aliphatic rings. The molecule has 0 saturated heterocycles. The quantitative estimate of drug-likeness (QED) is 0.641. The summed E-state index contributed by atoms with van der Waals surface area (Å²) in [4.78, 5) is 11.5. The lowest BCUT2D eigenvalue weighted by Gasteiger charge is -2.00. The molecule has 0 saturated carbocycles. The second kappa shape index (κ2) is 2.86. The Hall–Kier alpha value is -0.340. The molecule has 0 N–H and O–H groups in total. The minimum Gasteiger partial charge on any atom is -0.294 e. The Morgan fingerprint density at radius 2 is 2.25 bits per heavy atom. The van der Waals surface area contributed by atoms with Crippen LogP contribution in [0.5, 0.6) is 0 Å². The first-order valence-corrected chi connectivity index (χ1v) is 4.94. The van der Waals surface area contributed by atoms with E-state index in [1.807, 2.05) is 12.1 Å². The normalized spacial score (nSPS) is 21.2. The van der Waals surface area contributed by atoms with Crippen molar-refractivity contribution in [3.8, 4) is 0 Å². The molecule has 0 heterocycles. The van der Waals surface area contributed by atoms with Crippen molar-refractivity contribution in [3.63, 3.8) is 0 Å². The van der Waals surface area contributed by atoms with E-state index in [0.29, 0.717) is 11.4 Å². The van der Waals surface area contributed by atoms with Gasteiger partial charge in [0, 0.05) is 21.8 Å². The highest BCUT2D eigenvalue weighted by atomic mass is 79.9. The van der Waals surface area contributed by atoms with Crippen LogP contribution in [0.25, 0.3) is 0 Å². The molecule has 0 aromatic heterocycles. The number of halogens is 2. The molecule has 2 rings (SSSR count). The van der Waals surface area contributed by atoms with Gasteiger partial charge in [0.25, 0.3) is 0 Å². The number of rotatable bonds is 0. The summed E-state index contributed by atoms with van der Waals surface area (Å²) in [5.74, 6) is 0.175. The molecule has 1 aliphatic carbocycles. The van der Waals surface area contributed by atoms with E-state index in [1.165, 1.54) is 0 Å². The Bertz CT molecular complexity index is 348. The Labute approximate surface area is 83.9 Å². The molecule has 0 fully saturated rings. The van der Waals surface area contributed by atoms with Crippen LogP contribution >= 0.6 is 27.5 Å². The Morgan fingerprint density at radius 1 is 1.50 bits per heavy atom. The maximum Gasteiger partial charge on any atom is 0.164 e. The van der Waals surface area contributed by atoms with Crippen molar-refractivity contribution in [1.82, 2.24) is 0 Å². The Kier molecular flexibility index (Phi) is 1.97. The molecule has 1 aromatic carbocycles. The van der Waals surface area contributed by atoms with Crippen molar-refractivity contribution >= 4 is 33.3 Å². The van der Waals surface area contributed by atoms with E-state index >= 15 is 0 Å². The summed E-state index contributed by atoms with van der Waals surface area (Å²) in [6.07, 6.45) is 0.551. The summed E-state index contributed by atoms with van der Waals surface area (Å²) in [6.45, 7) is 0. The van der Waals surface area contributed by atoms with E-state index in [1.54, 1.807) is 6.07 Å². The largest absolute Gasteiger partial charge is 0.294 e. The zero-order valence-corrected chi connectivity index (χ0v) is 8.52. The fourth-order valence-electron chi connectivity index (χ4n) is 1.43. The number of hydrogen-bond donors (Lipinski definition) is 0. The molecular formula is C9H6BrClO. The van der Waals surface area contributed by atoms with Crippen LogP contribution in [0, 0.1) is 0 Å². The standard InChI is InChI=1S/C9H6BrClO/c10-8-4-9(12)7-3-5(11)1-2-6(7)8/h1-3,8H,4H2. The van der Waals surface area contributed by atoms with Gasteiger partial charge in [-0.15, -0.1) is 0 Å². The van der Waals surface area contributed by atoms with Crippen molar-refractivity contribution in [2.24, 2.45) is 0 Å². The van der Waals surface area contributed by atoms with Gasteiger partial charge in [-0.2, -0.15) is 0 Å². The number of alkyl halides is 1. The summed E-state index contributed by atoms with van der Waals surface area (Å²) in [6, 6.07) is 5.45. The van der Waals surface area contributed by atoms with Gasteiger partial charge in [0.15, 0.2) is 5.78 Å². The molecule has 1 aromatic rings. The molecular weight excluding hydrogens is 239 g/mol. The van der Waals surface area contributed by atoms with E-state index in [-0.39, 0.29) is 10.6 Å². The smallest absolute Gasteiger partial charge is 0.164 e. The van der Waals surface area contributed by atoms with Gasteiger partial charge in [0.05, 0.1) is 0 Å². The number of carbonyl (C=O) groups excluding carboxylic acids is 1. The minimum atomic E-state index is 0.175. The number of hydrogen-bond acceptors (Lipinski definition) is 1. The Balaban J connectivity index is 2.60. The van der Waals surface area contributed by atoms with E-state index in [4.69, 9.17) is 11.6 Å². The van der Waals surface area contributed by atoms with Crippen LogP contribution < -0.4 is 0 Å². The summed E-state index contributed by atoms with van der Waals surface area (Å²) in [7, 11) is 0. The average molecular weight is 246 g/mol. The number of ketones is 1. The monoisotopic (exact) mass is 244 g/mol. The zero-order chi connectivity index (χ0) is 8.72. The van der Waals surface area contributed by atoms with Gasteiger partial charge < -0.3 is 0 Å². The maximum atomic E-state index is 11.3. The molecule has 1 nitrogen and oxygen atoms in total. The first kappa shape index (κ1) is 8.27. The molecule has 0 aliphatic heterocycles. The SMILES string of the molecule is O=C1CC(Br)c2ccc(Cl)cc21. The molecule has 1 atom stereocenters.